The van der Waals surface area contributed by atoms with Gasteiger partial charge in [-0.2, -0.15) is 0 Å². The number of aromatic nitrogens is 4. The molecule has 0 atom stereocenters. The monoisotopic (exact) mass is 517 g/mol. The maximum Gasteiger partial charge on any atom is 0.274 e. The lowest BCUT2D eigenvalue weighted by atomic mass is 10.0. The van der Waals surface area contributed by atoms with Crippen LogP contribution in [0.1, 0.15) is 22.6 Å². The van der Waals surface area contributed by atoms with E-state index in [0.29, 0.717) is 33.4 Å². The number of hydrogen-bond donors (Lipinski definition) is 1. The average molecular weight is 518 g/mol. The Morgan fingerprint density at radius 3 is 2.70 bits per heavy atom. The Morgan fingerprint density at radius 1 is 1.11 bits per heavy atom. The van der Waals surface area contributed by atoms with E-state index in [1.54, 1.807) is 30.7 Å². The Balaban J connectivity index is 1.54. The lowest BCUT2D eigenvalue weighted by molar-refractivity contribution is 0.306. The summed E-state index contributed by atoms with van der Waals surface area (Å²) >= 11 is 6.63. The third-order valence-corrected chi connectivity index (χ3v) is 6.39. The summed E-state index contributed by atoms with van der Waals surface area (Å²) in [5.41, 5.74) is 10.9. The zero-order valence-corrected chi connectivity index (χ0v) is 21.2. The van der Waals surface area contributed by atoms with Crippen LogP contribution in [0.15, 0.2) is 64.2 Å². The first kappa shape index (κ1) is 24.3. The van der Waals surface area contributed by atoms with Gasteiger partial charge in [-0.1, -0.05) is 28.9 Å². The molecule has 188 valence electrons. The molecule has 0 bridgehead atoms. The van der Waals surface area contributed by atoms with E-state index in [1.807, 2.05) is 38.1 Å². The molecule has 5 rings (SSSR count). The molecule has 0 aliphatic heterocycles. The number of methoxy groups -OCH3 is 1. The molecule has 37 heavy (non-hydrogen) atoms. The summed E-state index contributed by atoms with van der Waals surface area (Å²) in [6, 6.07) is 12.6. The molecular weight excluding hydrogens is 494 g/mol. The largest absolute Gasteiger partial charge is 0.486 e. The Kier molecular flexibility index (Phi) is 6.54. The summed E-state index contributed by atoms with van der Waals surface area (Å²) in [5.74, 6) is 0.910. The van der Waals surface area contributed by atoms with Crippen LogP contribution in [-0.4, -0.2) is 26.8 Å². The van der Waals surface area contributed by atoms with Crippen molar-refractivity contribution < 1.29 is 14.0 Å². The van der Waals surface area contributed by atoms with Gasteiger partial charge in [-0.05, 0) is 43.7 Å². The van der Waals surface area contributed by atoms with Gasteiger partial charge in [0.25, 0.3) is 5.56 Å². The molecule has 4 aromatic heterocycles. The fourth-order valence-electron chi connectivity index (χ4n) is 4.19. The average Bonchev–Trinajstić information content (AvgIpc) is 3.31. The molecule has 2 N–H and O–H groups in total. The number of ether oxygens (including phenoxy) is 2. The first-order valence-corrected chi connectivity index (χ1v) is 11.8. The minimum atomic E-state index is -0.319. The Hall–Kier alpha value is -4.37. The lowest BCUT2D eigenvalue weighted by Crippen LogP contribution is -2.23. The van der Waals surface area contributed by atoms with Gasteiger partial charge in [-0.3, -0.25) is 4.79 Å². The van der Waals surface area contributed by atoms with Crippen LogP contribution in [0.3, 0.4) is 0 Å². The van der Waals surface area contributed by atoms with Crippen molar-refractivity contribution >= 4 is 28.2 Å². The number of hydrogen-bond acceptors (Lipinski definition) is 8. The summed E-state index contributed by atoms with van der Waals surface area (Å²) in [6.45, 7) is 4.06. The van der Waals surface area contributed by atoms with E-state index in [4.69, 9.17) is 36.3 Å². The highest BCUT2D eigenvalue weighted by Gasteiger charge is 2.17. The van der Waals surface area contributed by atoms with Gasteiger partial charge in [-0.25, -0.2) is 9.97 Å². The molecule has 0 unspecified atom stereocenters. The number of nitrogens with zero attached hydrogens (tertiary/aromatic N) is 4. The zero-order valence-electron chi connectivity index (χ0n) is 20.5. The molecule has 4 heterocycles. The Morgan fingerprint density at radius 2 is 1.95 bits per heavy atom. The van der Waals surface area contributed by atoms with E-state index < -0.39 is 0 Å². The molecule has 0 spiro atoms. The molecule has 1 aromatic carbocycles. The Labute approximate surface area is 217 Å². The van der Waals surface area contributed by atoms with Gasteiger partial charge in [0, 0.05) is 34.5 Å². The van der Waals surface area contributed by atoms with Crippen molar-refractivity contribution in [3.8, 4) is 22.8 Å². The van der Waals surface area contributed by atoms with E-state index >= 15 is 0 Å². The summed E-state index contributed by atoms with van der Waals surface area (Å²) in [7, 11) is 1.50. The van der Waals surface area contributed by atoms with E-state index in [0.717, 1.165) is 27.9 Å². The molecule has 0 aliphatic carbocycles. The van der Waals surface area contributed by atoms with E-state index in [1.165, 1.54) is 11.7 Å². The lowest BCUT2D eigenvalue weighted by Gasteiger charge is -2.16. The number of aryl methyl sites for hydroxylation is 2. The van der Waals surface area contributed by atoms with Gasteiger partial charge < -0.3 is 24.3 Å². The van der Waals surface area contributed by atoms with Crippen molar-refractivity contribution in [2.45, 2.75) is 27.0 Å². The fourth-order valence-corrected chi connectivity index (χ4v) is 4.44. The van der Waals surface area contributed by atoms with Crippen molar-refractivity contribution in [3.05, 3.63) is 92.9 Å². The van der Waals surface area contributed by atoms with Crippen LogP contribution < -0.4 is 20.8 Å². The van der Waals surface area contributed by atoms with Crippen molar-refractivity contribution in [1.29, 1.82) is 0 Å². The van der Waals surface area contributed by atoms with Crippen LogP contribution in [-0.2, 0) is 13.2 Å². The summed E-state index contributed by atoms with van der Waals surface area (Å²) in [6.07, 6.45) is 3.27. The summed E-state index contributed by atoms with van der Waals surface area (Å²) < 4.78 is 18.2. The number of nitrogen functional groups attached to an aromatic ring is 1. The second-order valence-corrected chi connectivity index (χ2v) is 8.94. The topological polar surface area (TPSA) is 118 Å². The maximum absolute atomic E-state index is 12.5. The van der Waals surface area contributed by atoms with Crippen molar-refractivity contribution in [2.24, 2.45) is 0 Å². The number of halogens is 1. The molecule has 0 radical (unpaired) electrons. The molecular formula is C27H24ClN5O4. The van der Waals surface area contributed by atoms with E-state index in [9.17, 15) is 4.79 Å². The number of anilines is 1. The fraction of sp³-hybridized carbons (Fsp3) is 0.185. The van der Waals surface area contributed by atoms with Crippen LogP contribution in [0.25, 0.3) is 22.0 Å². The first-order valence-electron chi connectivity index (χ1n) is 11.5. The second kappa shape index (κ2) is 9.94. The predicted molar refractivity (Wildman–Crippen MR) is 141 cm³/mol. The summed E-state index contributed by atoms with van der Waals surface area (Å²) in [5, 5.41) is 5.33. The molecule has 9 nitrogen and oxygen atoms in total. The van der Waals surface area contributed by atoms with E-state index in [-0.39, 0.29) is 24.4 Å². The van der Waals surface area contributed by atoms with Crippen LogP contribution in [0.2, 0.25) is 5.02 Å². The zero-order chi connectivity index (χ0) is 26.1. The second-order valence-electron chi connectivity index (χ2n) is 8.53. The molecule has 10 heteroatoms. The van der Waals surface area contributed by atoms with Crippen LogP contribution in [0.4, 0.5) is 5.69 Å². The highest BCUT2D eigenvalue weighted by Crippen LogP contribution is 2.35. The van der Waals surface area contributed by atoms with E-state index in [2.05, 4.69) is 10.1 Å². The number of pyridine rings is 3. The highest BCUT2D eigenvalue weighted by atomic mass is 35.5. The summed E-state index contributed by atoms with van der Waals surface area (Å²) in [4.78, 5) is 21.8. The SMILES string of the molecule is COc1cc(Cl)c(COc2cccc3c(-c4conc4C)cc(C)nc23)c(Cn2cccc(N)c2=O)n1. The third kappa shape index (κ3) is 4.73. The maximum atomic E-state index is 12.5. The molecule has 0 saturated heterocycles. The van der Waals surface area contributed by atoms with Crippen LogP contribution >= 0.6 is 11.6 Å². The van der Waals surface area contributed by atoms with Crippen molar-refractivity contribution in [3.63, 3.8) is 0 Å². The quantitative estimate of drug-likeness (QED) is 0.322. The minimum Gasteiger partial charge on any atom is -0.486 e. The smallest absolute Gasteiger partial charge is 0.274 e. The van der Waals surface area contributed by atoms with Crippen LogP contribution in [0.5, 0.6) is 11.6 Å². The number of rotatable bonds is 7. The molecule has 0 saturated carbocycles. The number of para-hydroxylation sites is 1. The first-order chi connectivity index (χ1) is 17.9. The van der Waals surface area contributed by atoms with Gasteiger partial charge in [-0.15, -0.1) is 0 Å². The number of fused-ring (bicyclic) bond motifs is 1. The molecule has 5 aromatic rings. The van der Waals surface area contributed by atoms with Crippen LogP contribution in [0, 0.1) is 13.8 Å². The standard InChI is InChI=1S/C27H24ClN5O4/c1-15-10-18(19-14-37-32-16(19)2)17-6-4-8-24(26(17)30-15)36-13-20-21(28)11-25(35-3)31-23(20)12-33-9-5-7-22(29)27(33)34/h4-11,14H,12-13,29H2,1-3H3. The third-order valence-electron chi connectivity index (χ3n) is 6.05. The van der Waals surface area contributed by atoms with Gasteiger partial charge in [0.05, 0.1) is 35.8 Å². The van der Waals surface area contributed by atoms with Crippen molar-refractivity contribution in [1.82, 2.24) is 19.7 Å². The van der Waals surface area contributed by atoms with Crippen molar-refractivity contribution in [2.75, 3.05) is 12.8 Å². The van der Waals surface area contributed by atoms with Gasteiger partial charge in [0.15, 0.2) is 0 Å². The van der Waals surface area contributed by atoms with Gasteiger partial charge >= 0.3 is 0 Å². The molecule has 0 aliphatic rings. The van der Waals surface area contributed by atoms with Gasteiger partial charge in [0.1, 0.15) is 24.1 Å². The highest BCUT2D eigenvalue weighted by molar-refractivity contribution is 6.31. The molecule has 0 amide bonds. The normalized spacial score (nSPS) is 11.1. The Bertz CT molecular complexity index is 1680. The predicted octanol–water partition coefficient (Wildman–Crippen LogP) is 4.93. The number of nitrogens with two attached hydrogens (primary N) is 1. The molecule has 0 fully saturated rings. The van der Waals surface area contributed by atoms with Gasteiger partial charge in [0.2, 0.25) is 5.88 Å². The minimum absolute atomic E-state index is 0.0958. The number of benzene rings is 1.